The Kier molecular flexibility index (Phi) is 4.27. The van der Waals surface area contributed by atoms with Crippen molar-refractivity contribution in [1.29, 1.82) is 0 Å². The molecular formula is C17H11Br2FO. The fourth-order valence-electron chi connectivity index (χ4n) is 2.08. The average molecular weight is 410 g/mol. The molecule has 3 aromatic carbocycles. The molecule has 0 aliphatic heterocycles. The third-order valence-corrected chi connectivity index (χ3v) is 4.41. The monoisotopic (exact) mass is 408 g/mol. The van der Waals surface area contributed by atoms with Crippen LogP contribution in [0.5, 0.6) is 5.75 Å². The summed E-state index contributed by atoms with van der Waals surface area (Å²) in [6.07, 6.45) is 0. The van der Waals surface area contributed by atoms with Crippen molar-refractivity contribution >= 4 is 42.6 Å². The highest BCUT2D eigenvalue weighted by Gasteiger charge is 2.04. The Hall–Kier alpha value is -1.39. The van der Waals surface area contributed by atoms with Gasteiger partial charge in [-0.3, -0.25) is 0 Å². The summed E-state index contributed by atoms with van der Waals surface area (Å²) in [5, 5.41) is 2.27. The lowest BCUT2D eigenvalue weighted by Gasteiger charge is -2.09. The van der Waals surface area contributed by atoms with Crippen molar-refractivity contribution < 1.29 is 9.13 Å². The van der Waals surface area contributed by atoms with E-state index in [0.717, 1.165) is 26.6 Å². The van der Waals surface area contributed by atoms with E-state index in [2.05, 4.69) is 37.9 Å². The van der Waals surface area contributed by atoms with Crippen LogP contribution in [0.3, 0.4) is 0 Å². The lowest BCUT2D eigenvalue weighted by molar-refractivity contribution is 0.305. The number of rotatable bonds is 3. The molecule has 0 heterocycles. The number of ether oxygens (including phenoxy) is 1. The van der Waals surface area contributed by atoms with Crippen LogP contribution in [0, 0.1) is 5.82 Å². The Labute approximate surface area is 139 Å². The minimum atomic E-state index is -0.262. The van der Waals surface area contributed by atoms with Crippen LogP contribution in [0.1, 0.15) is 5.56 Å². The molecule has 0 radical (unpaired) electrons. The Morgan fingerprint density at radius 1 is 0.857 bits per heavy atom. The number of fused-ring (bicyclic) bond motifs is 1. The molecular weight excluding hydrogens is 399 g/mol. The van der Waals surface area contributed by atoms with Crippen LogP contribution in [-0.4, -0.2) is 0 Å². The second kappa shape index (κ2) is 6.16. The van der Waals surface area contributed by atoms with E-state index in [0.29, 0.717) is 11.1 Å². The van der Waals surface area contributed by atoms with Gasteiger partial charge in [0.1, 0.15) is 18.2 Å². The molecule has 0 atom stereocenters. The summed E-state index contributed by atoms with van der Waals surface area (Å²) >= 11 is 6.80. The zero-order valence-electron chi connectivity index (χ0n) is 10.9. The van der Waals surface area contributed by atoms with Crippen molar-refractivity contribution in [2.45, 2.75) is 6.61 Å². The van der Waals surface area contributed by atoms with Gasteiger partial charge in [-0.05, 0) is 47.2 Å². The van der Waals surface area contributed by atoms with Crippen LogP contribution < -0.4 is 4.74 Å². The molecule has 0 unspecified atom stereocenters. The average Bonchev–Trinajstić information content (AvgIpc) is 2.46. The molecule has 3 aromatic rings. The van der Waals surface area contributed by atoms with Crippen molar-refractivity contribution in [1.82, 2.24) is 0 Å². The third-order valence-electron chi connectivity index (χ3n) is 3.18. The van der Waals surface area contributed by atoms with E-state index in [4.69, 9.17) is 4.74 Å². The van der Waals surface area contributed by atoms with Gasteiger partial charge in [0.15, 0.2) is 0 Å². The number of halogens is 3. The molecule has 3 rings (SSSR count). The van der Waals surface area contributed by atoms with Gasteiger partial charge >= 0.3 is 0 Å². The quantitative estimate of drug-likeness (QED) is 0.509. The fraction of sp³-hybridized carbons (Fsp3) is 0.0588. The topological polar surface area (TPSA) is 9.23 Å². The van der Waals surface area contributed by atoms with E-state index in [1.807, 2.05) is 30.3 Å². The molecule has 0 aliphatic carbocycles. The van der Waals surface area contributed by atoms with Crippen molar-refractivity contribution in [2.24, 2.45) is 0 Å². The summed E-state index contributed by atoms with van der Waals surface area (Å²) in [4.78, 5) is 0. The van der Waals surface area contributed by atoms with E-state index in [-0.39, 0.29) is 5.82 Å². The molecule has 106 valence electrons. The van der Waals surface area contributed by atoms with Gasteiger partial charge in [-0.1, -0.05) is 50.1 Å². The van der Waals surface area contributed by atoms with Crippen LogP contribution in [-0.2, 0) is 6.61 Å². The Morgan fingerprint density at radius 3 is 2.43 bits per heavy atom. The normalized spacial score (nSPS) is 10.8. The highest BCUT2D eigenvalue weighted by molar-refractivity contribution is 9.10. The van der Waals surface area contributed by atoms with Gasteiger partial charge in [-0.2, -0.15) is 0 Å². The summed E-state index contributed by atoms with van der Waals surface area (Å²) in [6, 6.07) is 16.7. The lowest BCUT2D eigenvalue weighted by Crippen LogP contribution is -1.96. The molecule has 4 heteroatoms. The molecule has 0 aromatic heterocycles. The zero-order chi connectivity index (χ0) is 14.8. The Balaban J connectivity index is 1.80. The Bertz CT molecular complexity index is 802. The minimum absolute atomic E-state index is 0.262. The SMILES string of the molecule is Fc1ccc(COc2ccc3cc(Br)ccc3c2)c(Br)c1. The molecule has 0 fully saturated rings. The van der Waals surface area contributed by atoms with Gasteiger partial charge < -0.3 is 4.74 Å². The van der Waals surface area contributed by atoms with Gasteiger partial charge in [-0.25, -0.2) is 4.39 Å². The lowest BCUT2D eigenvalue weighted by atomic mass is 10.1. The second-order valence-electron chi connectivity index (χ2n) is 4.68. The van der Waals surface area contributed by atoms with E-state index < -0.39 is 0 Å². The van der Waals surface area contributed by atoms with Crippen LogP contribution in [0.2, 0.25) is 0 Å². The zero-order valence-corrected chi connectivity index (χ0v) is 14.1. The van der Waals surface area contributed by atoms with Gasteiger partial charge in [-0.15, -0.1) is 0 Å². The van der Waals surface area contributed by atoms with Crippen molar-refractivity contribution in [3.8, 4) is 5.75 Å². The first-order valence-corrected chi connectivity index (χ1v) is 7.96. The molecule has 0 N–H and O–H groups in total. The number of hydrogen-bond acceptors (Lipinski definition) is 1. The predicted octanol–water partition coefficient (Wildman–Crippen LogP) is 6.08. The summed E-state index contributed by atoms with van der Waals surface area (Å²) in [6.45, 7) is 0.392. The van der Waals surface area contributed by atoms with Crippen molar-refractivity contribution in [3.05, 3.63) is 74.9 Å². The van der Waals surface area contributed by atoms with Crippen LogP contribution >= 0.6 is 31.9 Å². The summed E-state index contributed by atoms with van der Waals surface area (Å²) in [5.41, 5.74) is 0.910. The van der Waals surface area contributed by atoms with Crippen molar-refractivity contribution in [3.63, 3.8) is 0 Å². The molecule has 21 heavy (non-hydrogen) atoms. The minimum Gasteiger partial charge on any atom is -0.489 e. The fourth-order valence-corrected chi connectivity index (χ4v) is 2.93. The summed E-state index contributed by atoms with van der Waals surface area (Å²) in [7, 11) is 0. The molecule has 0 aliphatic rings. The molecule has 0 spiro atoms. The maximum absolute atomic E-state index is 13.0. The number of benzene rings is 3. The first-order chi connectivity index (χ1) is 10.1. The standard InChI is InChI=1S/C17H11Br2FO/c18-14-4-1-12-8-16(6-3-11(12)7-14)21-10-13-2-5-15(20)9-17(13)19/h1-9H,10H2. The third kappa shape index (κ3) is 3.44. The predicted molar refractivity (Wildman–Crippen MR) is 90.1 cm³/mol. The summed E-state index contributed by atoms with van der Waals surface area (Å²) < 4.78 is 20.6. The van der Waals surface area contributed by atoms with E-state index in [1.165, 1.54) is 12.1 Å². The van der Waals surface area contributed by atoms with E-state index in [9.17, 15) is 4.39 Å². The van der Waals surface area contributed by atoms with Gasteiger partial charge in [0.05, 0.1) is 0 Å². The smallest absolute Gasteiger partial charge is 0.124 e. The van der Waals surface area contributed by atoms with Gasteiger partial charge in [0.25, 0.3) is 0 Å². The molecule has 1 nitrogen and oxygen atoms in total. The Morgan fingerprint density at radius 2 is 1.62 bits per heavy atom. The van der Waals surface area contributed by atoms with Crippen LogP contribution in [0.25, 0.3) is 10.8 Å². The molecule has 0 saturated heterocycles. The van der Waals surface area contributed by atoms with Gasteiger partial charge in [0.2, 0.25) is 0 Å². The van der Waals surface area contributed by atoms with Crippen LogP contribution in [0.15, 0.2) is 63.5 Å². The van der Waals surface area contributed by atoms with Gasteiger partial charge in [0, 0.05) is 14.5 Å². The number of hydrogen-bond donors (Lipinski definition) is 0. The van der Waals surface area contributed by atoms with E-state index >= 15 is 0 Å². The highest BCUT2D eigenvalue weighted by atomic mass is 79.9. The van der Waals surface area contributed by atoms with E-state index in [1.54, 1.807) is 6.07 Å². The second-order valence-corrected chi connectivity index (χ2v) is 6.45. The van der Waals surface area contributed by atoms with Crippen molar-refractivity contribution in [2.75, 3.05) is 0 Å². The maximum atomic E-state index is 13.0. The summed E-state index contributed by atoms with van der Waals surface area (Å²) in [5.74, 6) is 0.531. The first kappa shape index (κ1) is 14.5. The molecule has 0 bridgehead atoms. The highest BCUT2D eigenvalue weighted by Crippen LogP contribution is 2.25. The van der Waals surface area contributed by atoms with Crippen LogP contribution in [0.4, 0.5) is 4.39 Å². The molecule has 0 amide bonds. The molecule has 0 saturated carbocycles. The largest absolute Gasteiger partial charge is 0.489 e. The first-order valence-electron chi connectivity index (χ1n) is 6.38. The maximum Gasteiger partial charge on any atom is 0.124 e.